The first-order chi connectivity index (χ1) is 14.2. The summed E-state index contributed by atoms with van der Waals surface area (Å²) >= 11 is 0. The summed E-state index contributed by atoms with van der Waals surface area (Å²) in [7, 11) is -4.73. The minimum absolute atomic E-state index is 0.392. The van der Waals surface area contributed by atoms with Crippen LogP contribution in [-0.4, -0.2) is 26.2 Å². The molecular formula is C24H26O4P2. The minimum Gasteiger partial charge on any atom is -0.464 e. The van der Waals surface area contributed by atoms with Gasteiger partial charge >= 0.3 is 0 Å². The van der Waals surface area contributed by atoms with Crippen LogP contribution in [0.1, 0.15) is 24.5 Å². The molecule has 0 N–H and O–H groups in total. The fraction of sp³-hybridized carbons (Fsp3) is 0.333. The number of hydrogen-bond acceptors (Lipinski definition) is 4. The lowest BCUT2D eigenvalue weighted by Gasteiger charge is -2.13. The molecule has 156 valence electrons. The van der Waals surface area contributed by atoms with Crippen LogP contribution in [0, 0.1) is 5.92 Å². The first-order valence-electron chi connectivity index (χ1n) is 10.3. The summed E-state index contributed by atoms with van der Waals surface area (Å²) in [6, 6.07) is 15.8. The van der Waals surface area contributed by atoms with Crippen LogP contribution in [0.2, 0.25) is 0 Å². The molecule has 0 radical (unpaired) electrons. The number of rotatable bonds is 6. The molecular weight excluding hydrogens is 414 g/mol. The summed E-state index contributed by atoms with van der Waals surface area (Å²) in [5.74, 6) is 1.90. The van der Waals surface area contributed by atoms with Gasteiger partial charge in [-0.25, -0.2) is 0 Å². The van der Waals surface area contributed by atoms with Crippen molar-refractivity contribution in [2.45, 2.75) is 18.8 Å². The average Bonchev–Trinajstić information content (AvgIpc) is 3.11. The summed E-state index contributed by atoms with van der Waals surface area (Å²) in [6.45, 7) is 5.44. The topological polar surface area (TPSA) is 60.4 Å². The van der Waals surface area contributed by atoms with Crippen LogP contribution in [0.4, 0.5) is 0 Å². The van der Waals surface area contributed by atoms with Crippen LogP contribution in [0.15, 0.2) is 63.6 Å². The lowest BCUT2D eigenvalue weighted by atomic mass is 10.2. The Bertz CT molecular complexity index is 1340. The van der Waals surface area contributed by atoms with Crippen LogP contribution in [0.5, 0.6) is 0 Å². The summed E-state index contributed by atoms with van der Waals surface area (Å²) in [6.07, 6.45) is 4.36. The molecule has 30 heavy (non-hydrogen) atoms. The highest BCUT2D eigenvalue weighted by atomic mass is 31.2. The van der Waals surface area contributed by atoms with Gasteiger partial charge < -0.3 is 18.0 Å². The van der Waals surface area contributed by atoms with Crippen molar-refractivity contribution in [2.24, 2.45) is 5.92 Å². The molecule has 2 aromatic heterocycles. The van der Waals surface area contributed by atoms with Gasteiger partial charge in [-0.05, 0) is 63.0 Å². The van der Waals surface area contributed by atoms with Crippen molar-refractivity contribution >= 4 is 46.8 Å². The quantitative estimate of drug-likeness (QED) is 0.333. The van der Waals surface area contributed by atoms with Gasteiger partial charge in [0.2, 0.25) is 0 Å². The van der Waals surface area contributed by atoms with E-state index in [4.69, 9.17) is 8.83 Å². The molecule has 0 amide bonds. The van der Waals surface area contributed by atoms with Crippen molar-refractivity contribution in [1.82, 2.24) is 0 Å². The van der Waals surface area contributed by atoms with E-state index >= 15 is 0 Å². The molecule has 3 atom stereocenters. The number of furan rings is 2. The highest BCUT2D eigenvalue weighted by molar-refractivity contribution is 7.71. The maximum absolute atomic E-state index is 13.3. The number of fused-ring (bicyclic) bond motifs is 2. The van der Waals surface area contributed by atoms with E-state index in [0.29, 0.717) is 18.0 Å². The van der Waals surface area contributed by atoms with Crippen molar-refractivity contribution < 1.29 is 18.0 Å². The zero-order valence-electron chi connectivity index (χ0n) is 17.5. The maximum Gasteiger partial charge on any atom is 0.135 e. The largest absolute Gasteiger partial charge is 0.464 e. The fourth-order valence-corrected chi connectivity index (χ4v) is 6.98. The van der Waals surface area contributed by atoms with Crippen LogP contribution in [0.3, 0.4) is 0 Å². The third-order valence-corrected chi connectivity index (χ3v) is 10.3. The Balaban J connectivity index is 1.28. The van der Waals surface area contributed by atoms with E-state index in [2.05, 4.69) is 6.07 Å². The fourth-order valence-electron chi connectivity index (χ4n) is 4.25. The van der Waals surface area contributed by atoms with Gasteiger partial charge in [-0.15, -0.1) is 0 Å². The van der Waals surface area contributed by atoms with Crippen molar-refractivity contribution in [3.05, 3.63) is 60.6 Å². The molecule has 1 aliphatic rings. The van der Waals surface area contributed by atoms with Crippen molar-refractivity contribution in [1.29, 1.82) is 0 Å². The third-order valence-electron chi connectivity index (χ3n) is 6.35. The van der Waals surface area contributed by atoms with E-state index in [0.717, 1.165) is 51.1 Å². The van der Waals surface area contributed by atoms with E-state index in [1.165, 1.54) is 0 Å². The van der Waals surface area contributed by atoms with Gasteiger partial charge in [0.05, 0.1) is 6.26 Å². The molecule has 5 rings (SSSR count). The van der Waals surface area contributed by atoms with Crippen LogP contribution in [-0.2, 0) is 9.13 Å². The van der Waals surface area contributed by atoms with Gasteiger partial charge in [-0.1, -0.05) is 24.3 Å². The lowest BCUT2D eigenvalue weighted by molar-refractivity contribution is 0.537. The molecule has 0 aliphatic heterocycles. The van der Waals surface area contributed by atoms with Gasteiger partial charge in [0, 0.05) is 33.5 Å². The van der Waals surface area contributed by atoms with E-state index in [1.807, 2.05) is 49.1 Å². The van der Waals surface area contributed by atoms with E-state index in [1.54, 1.807) is 19.6 Å². The van der Waals surface area contributed by atoms with E-state index < -0.39 is 14.3 Å². The third kappa shape index (κ3) is 3.72. The van der Waals surface area contributed by atoms with Crippen molar-refractivity contribution in [3.8, 4) is 0 Å². The Morgan fingerprint density at radius 3 is 2.43 bits per heavy atom. The predicted octanol–water partition coefficient (Wildman–Crippen LogP) is 6.24. The summed E-state index contributed by atoms with van der Waals surface area (Å²) < 4.78 is 37.3. The monoisotopic (exact) mass is 440 g/mol. The molecule has 2 unspecified atom stereocenters. The second kappa shape index (κ2) is 7.01. The molecule has 6 heteroatoms. The Morgan fingerprint density at radius 2 is 1.63 bits per heavy atom. The molecule has 0 saturated heterocycles. The Kier molecular flexibility index (Phi) is 4.65. The highest BCUT2D eigenvalue weighted by Crippen LogP contribution is 2.54. The second-order valence-electron chi connectivity index (χ2n) is 9.08. The Morgan fingerprint density at radius 1 is 0.900 bits per heavy atom. The second-order valence-corrected chi connectivity index (χ2v) is 15.5. The van der Waals surface area contributed by atoms with Crippen LogP contribution < -0.4 is 10.6 Å². The predicted molar refractivity (Wildman–Crippen MR) is 125 cm³/mol. The van der Waals surface area contributed by atoms with Gasteiger partial charge in [0.25, 0.3) is 0 Å². The van der Waals surface area contributed by atoms with Gasteiger partial charge in [-0.3, -0.25) is 0 Å². The van der Waals surface area contributed by atoms with E-state index in [-0.39, 0.29) is 0 Å². The molecule has 4 nitrogen and oxygen atoms in total. The first-order valence-corrected chi connectivity index (χ1v) is 15.3. The number of hydrogen-bond donors (Lipinski definition) is 0. The van der Waals surface area contributed by atoms with Crippen molar-refractivity contribution in [2.75, 3.05) is 26.2 Å². The first kappa shape index (κ1) is 19.9. The smallest absolute Gasteiger partial charge is 0.135 e. The van der Waals surface area contributed by atoms with Crippen LogP contribution in [0.25, 0.3) is 21.9 Å². The molecule has 1 fully saturated rings. The summed E-state index contributed by atoms with van der Waals surface area (Å²) in [5, 5.41) is 3.84. The average molecular weight is 440 g/mol. The molecule has 0 spiro atoms. The standard InChI is InChI=1S/C24H26O4P2/c1-29(2,25)19-6-5-18-13-24(28-23(18)14-19)21-12-17(21)9-11-30(3,26)20-7-4-16-8-10-27-22(16)15-20/h4-8,10,13-15,17,21H,9,11-12H2,1-3H3/t17?,21-,30?/m0/s1. The molecule has 2 aromatic carbocycles. The SMILES string of the molecule is CP(C)(=O)c1ccc2cc([C@H]3CC3CCP(C)(=O)c3ccc4ccoc4c3)oc2c1. The summed E-state index contributed by atoms with van der Waals surface area (Å²) in [5.41, 5.74) is 1.61. The molecule has 1 saturated carbocycles. The van der Waals surface area contributed by atoms with Gasteiger partial charge in [0.1, 0.15) is 31.2 Å². The van der Waals surface area contributed by atoms with Crippen molar-refractivity contribution in [3.63, 3.8) is 0 Å². The molecule has 0 bridgehead atoms. The van der Waals surface area contributed by atoms with Crippen LogP contribution >= 0.6 is 14.3 Å². The normalized spacial score (nSPS) is 21.2. The maximum atomic E-state index is 13.3. The Hall–Kier alpha value is -2.02. The molecule has 4 aromatic rings. The highest BCUT2D eigenvalue weighted by Gasteiger charge is 2.41. The Labute approximate surface area is 176 Å². The van der Waals surface area contributed by atoms with E-state index in [9.17, 15) is 9.13 Å². The lowest BCUT2D eigenvalue weighted by Crippen LogP contribution is -2.07. The zero-order chi connectivity index (χ0) is 21.1. The molecule has 2 heterocycles. The zero-order valence-corrected chi connectivity index (χ0v) is 19.3. The van der Waals surface area contributed by atoms with Gasteiger partial charge in [0.15, 0.2) is 0 Å². The minimum atomic E-state index is -2.43. The molecule has 1 aliphatic carbocycles. The summed E-state index contributed by atoms with van der Waals surface area (Å²) in [4.78, 5) is 0. The van der Waals surface area contributed by atoms with Gasteiger partial charge in [-0.2, -0.15) is 0 Å². The number of benzene rings is 2.